The zero-order chi connectivity index (χ0) is 20.1. The van der Waals surface area contributed by atoms with E-state index in [9.17, 15) is 0 Å². The van der Waals surface area contributed by atoms with Crippen LogP contribution in [0.15, 0.2) is 65.7 Å². The molecule has 9 heteroatoms. The van der Waals surface area contributed by atoms with Gasteiger partial charge in [-0.05, 0) is 35.4 Å². The fraction of sp³-hybridized carbons (Fsp3) is 0.143. The molecule has 0 atom stereocenters. The predicted octanol–water partition coefficient (Wildman–Crippen LogP) is 4.46. The average Bonchev–Trinajstić information content (AvgIpc) is 3.41. The highest BCUT2D eigenvalue weighted by Gasteiger charge is 2.29. The highest BCUT2D eigenvalue weighted by molar-refractivity contribution is 14.1. The summed E-state index contributed by atoms with van der Waals surface area (Å²) in [6.45, 7) is 1.82. The van der Waals surface area contributed by atoms with Crippen molar-refractivity contribution in [3.8, 4) is 11.1 Å². The summed E-state index contributed by atoms with van der Waals surface area (Å²) in [5.41, 5.74) is 5.47. The number of nitrogens with zero attached hydrogens (tertiary/aromatic N) is 6. The van der Waals surface area contributed by atoms with E-state index in [-0.39, 0.29) is 0 Å². The van der Waals surface area contributed by atoms with Crippen LogP contribution in [0.3, 0.4) is 0 Å². The maximum absolute atomic E-state index is 5.61. The van der Waals surface area contributed by atoms with Crippen LogP contribution in [0.1, 0.15) is 6.04 Å². The Balaban J connectivity index is 1.31. The van der Waals surface area contributed by atoms with Gasteiger partial charge in [0.25, 0.3) is 0 Å². The Morgan fingerprint density at radius 3 is 2.63 bits per heavy atom. The highest BCUT2D eigenvalue weighted by Crippen LogP contribution is 2.30. The third kappa shape index (κ3) is 2.96. The van der Waals surface area contributed by atoms with Crippen LogP contribution < -0.4 is 8.43 Å². The van der Waals surface area contributed by atoms with Gasteiger partial charge in [0.1, 0.15) is 11.3 Å². The van der Waals surface area contributed by atoms with Crippen LogP contribution in [0.2, 0.25) is 0 Å². The summed E-state index contributed by atoms with van der Waals surface area (Å²) < 4.78 is 10.7. The number of fused-ring (bicyclic) bond motifs is 2. The van der Waals surface area contributed by atoms with E-state index in [2.05, 4.69) is 40.1 Å². The average molecular weight is 509 g/mol. The van der Waals surface area contributed by atoms with Crippen LogP contribution in [0.4, 0.5) is 11.8 Å². The van der Waals surface area contributed by atoms with Gasteiger partial charge in [-0.15, -0.1) is 0 Å². The molecule has 4 heterocycles. The van der Waals surface area contributed by atoms with E-state index in [1.165, 1.54) is 0 Å². The van der Waals surface area contributed by atoms with Gasteiger partial charge in [-0.2, -0.15) is 4.98 Å². The Kier molecular flexibility index (Phi) is 4.08. The van der Waals surface area contributed by atoms with Gasteiger partial charge in [0.05, 0.1) is 52.5 Å². The largest absolute Gasteiger partial charge is 0.423 e. The monoisotopic (exact) mass is 509 g/mol. The first kappa shape index (κ1) is 17.6. The number of rotatable bonds is 4. The van der Waals surface area contributed by atoms with Gasteiger partial charge in [0, 0.05) is 25.5 Å². The first-order valence-electron chi connectivity index (χ1n) is 9.54. The molecule has 0 bridgehead atoms. The normalized spacial score (nSPS) is 14.4. The zero-order valence-electron chi connectivity index (χ0n) is 15.7. The molecule has 6 rings (SSSR count). The zero-order valence-corrected chi connectivity index (χ0v) is 17.9. The Bertz CT molecular complexity index is 1360. The molecule has 3 aromatic heterocycles. The smallest absolute Gasteiger partial charge is 0.304 e. The molecule has 1 N–H and O–H groups in total. The minimum atomic E-state index is 0.437. The molecule has 8 nitrogen and oxygen atoms in total. The van der Waals surface area contributed by atoms with Gasteiger partial charge in [0.2, 0.25) is 0 Å². The summed E-state index contributed by atoms with van der Waals surface area (Å²) in [6.07, 6.45) is 7.54. The summed E-state index contributed by atoms with van der Waals surface area (Å²) in [4.78, 5) is 20.3. The second-order valence-corrected chi connectivity index (χ2v) is 7.84. The van der Waals surface area contributed by atoms with Gasteiger partial charge < -0.3 is 13.9 Å². The molecule has 0 spiro atoms. The summed E-state index contributed by atoms with van der Waals surface area (Å²) in [7, 11) is 0. The lowest BCUT2D eigenvalue weighted by Gasteiger charge is -2.40. The van der Waals surface area contributed by atoms with Crippen molar-refractivity contribution in [2.75, 3.05) is 21.5 Å². The van der Waals surface area contributed by atoms with E-state index in [1.807, 2.05) is 72.0 Å². The van der Waals surface area contributed by atoms with Gasteiger partial charge in [-0.25, -0.2) is 9.97 Å². The number of anilines is 2. The number of oxazole rings is 1. The van der Waals surface area contributed by atoms with E-state index < -0.39 is 0 Å². The second kappa shape index (κ2) is 6.94. The first-order valence-corrected chi connectivity index (χ1v) is 10.6. The quantitative estimate of drug-likeness (QED) is 0.283. The van der Waals surface area contributed by atoms with Crippen LogP contribution in [0.5, 0.6) is 0 Å². The van der Waals surface area contributed by atoms with Crippen molar-refractivity contribution < 1.29 is 4.42 Å². The third-order valence-electron chi connectivity index (χ3n) is 5.46. The number of benzene rings is 2. The van der Waals surface area contributed by atoms with Gasteiger partial charge in [0.15, 0.2) is 5.58 Å². The lowest BCUT2D eigenvalue weighted by molar-refractivity contribution is 0.397. The molecule has 0 aliphatic carbocycles. The first-order chi connectivity index (χ1) is 14.8. The lowest BCUT2D eigenvalue weighted by Crippen LogP contribution is -2.47. The Hall–Kier alpha value is -3.21. The molecule has 0 radical (unpaired) electrons. The minimum Gasteiger partial charge on any atom is -0.423 e. The summed E-state index contributed by atoms with van der Waals surface area (Å²) in [5, 5.41) is 0. The van der Waals surface area contributed by atoms with Crippen LogP contribution in [-0.4, -0.2) is 37.6 Å². The molecule has 30 heavy (non-hydrogen) atoms. The van der Waals surface area contributed by atoms with Crippen LogP contribution in [0, 0.1) is 0 Å². The van der Waals surface area contributed by atoms with E-state index >= 15 is 0 Å². The molecule has 1 aliphatic rings. The molecule has 0 saturated carbocycles. The molecule has 1 fully saturated rings. The Morgan fingerprint density at radius 2 is 1.83 bits per heavy atom. The summed E-state index contributed by atoms with van der Waals surface area (Å²) in [6, 6.07) is 13.1. The second-order valence-electron chi connectivity index (χ2n) is 7.30. The maximum Gasteiger partial charge on any atom is 0.304 e. The molecule has 0 unspecified atom stereocenters. The summed E-state index contributed by atoms with van der Waals surface area (Å²) in [5.74, 6) is 0.903. The number of hydrogen-bond acceptors (Lipinski definition) is 7. The molecule has 1 aliphatic heterocycles. The molecular weight excluding hydrogens is 493 g/mol. The van der Waals surface area contributed by atoms with Crippen molar-refractivity contribution >= 4 is 56.8 Å². The number of hydrogen-bond donors (Lipinski definition) is 1. The SMILES string of the molecule is INc1nc2cc(-c3ccc4ncc(N5CC(n6ccnc6)C5)nc4c3)ccc2o1. The molecule has 2 aromatic carbocycles. The topological polar surface area (TPSA) is 84.9 Å². The van der Waals surface area contributed by atoms with E-state index in [1.54, 1.807) is 0 Å². The fourth-order valence-electron chi connectivity index (χ4n) is 3.80. The number of nitrogens with one attached hydrogen (secondary N) is 1. The van der Waals surface area contributed by atoms with Gasteiger partial charge in [-0.1, -0.05) is 12.1 Å². The van der Waals surface area contributed by atoms with Gasteiger partial charge in [-0.3, -0.25) is 8.51 Å². The van der Waals surface area contributed by atoms with E-state index in [4.69, 9.17) is 9.40 Å². The summed E-state index contributed by atoms with van der Waals surface area (Å²) >= 11 is 2.01. The number of imidazole rings is 1. The molecule has 5 aromatic rings. The molecule has 148 valence electrons. The minimum absolute atomic E-state index is 0.437. The van der Waals surface area contributed by atoms with E-state index in [0.29, 0.717) is 12.1 Å². The standard InChI is InChI=1S/C21H16IN7O/c22-27-21-26-18-8-14(2-4-19(18)30-21)13-1-3-16-17(7-13)25-20(9-24-16)29-10-15(11-29)28-6-5-23-12-28/h1-9,12,15H,10-11H2,(H,26,27). The van der Waals surface area contributed by atoms with Crippen molar-refractivity contribution in [1.29, 1.82) is 0 Å². The van der Waals surface area contributed by atoms with Crippen molar-refractivity contribution in [3.05, 3.63) is 61.3 Å². The van der Waals surface area contributed by atoms with Crippen LogP contribution >= 0.6 is 22.9 Å². The molecular formula is C21H16IN7O. The molecule has 1 saturated heterocycles. The van der Waals surface area contributed by atoms with Crippen LogP contribution in [0.25, 0.3) is 33.3 Å². The Labute approximate surface area is 185 Å². The predicted molar refractivity (Wildman–Crippen MR) is 124 cm³/mol. The number of aromatic nitrogens is 5. The number of halogens is 1. The lowest BCUT2D eigenvalue weighted by atomic mass is 10.0. The van der Waals surface area contributed by atoms with Crippen molar-refractivity contribution in [3.63, 3.8) is 0 Å². The van der Waals surface area contributed by atoms with Crippen molar-refractivity contribution in [1.82, 2.24) is 24.5 Å². The highest BCUT2D eigenvalue weighted by atomic mass is 127. The Morgan fingerprint density at radius 1 is 1.00 bits per heavy atom. The van der Waals surface area contributed by atoms with Crippen molar-refractivity contribution in [2.45, 2.75) is 6.04 Å². The van der Waals surface area contributed by atoms with Crippen LogP contribution in [-0.2, 0) is 0 Å². The third-order valence-corrected chi connectivity index (χ3v) is 5.93. The van der Waals surface area contributed by atoms with Gasteiger partial charge >= 0.3 is 6.01 Å². The fourth-order valence-corrected chi connectivity index (χ4v) is 4.03. The molecule has 0 amide bonds. The van der Waals surface area contributed by atoms with E-state index in [0.717, 1.165) is 52.2 Å². The maximum atomic E-state index is 5.61. The van der Waals surface area contributed by atoms with Crippen molar-refractivity contribution in [2.24, 2.45) is 0 Å².